The lowest BCUT2D eigenvalue weighted by atomic mass is 9.99. The summed E-state index contributed by atoms with van der Waals surface area (Å²) in [6, 6.07) is 3.99. The number of carbonyl (C=O) groups excluding carboxylic acids is 3. The second kappa shape index (κ2) is 17.5. The van der Waals surface area contributed by atoms with Gasteiger partial charge in [-0.25, -0.2) is 14.4 Å². The zero-order valence-electron chi connectivity index (χ0n) is 24.4. The Bertz CT molecular complexity index is 1110. The van der Waals surface area contributed by atoms with Crippen molar-refractivity contribution in [1.29, 1.82) is 0 Å². The summed E-state index contributed by atoms with van der Waals surface area (Å²) in [5.41, 5.74) is 6.68. The number of hydroxylamine groups is 1. The summed E-state index contributed by atoms with van der Waals surface area (Å²) in [6.07, 6.45) is -11.2. The molecule has 0 spiro atoms. The highest BCUT2D eigenvalue weighted by Crippen LogP contribution is 2.28. The SMILES string of the molecule is CC(C)(C)OC(=O)NOCCOCCOCCNC(=O)c1cc(COC(N)=O)ccc1O[C@@H]1O[C@H](C(=O)O)[C@@H](O)[C@H](O)[C@H]1O. The lowest BCUT2D eigenvalue weighted by Gasteiger charge is -2.38. The van der Waals surface area contributed by atoms with Crippen LogP contribution in [0.2, 0.25) is 0 Å². The maximum Gasteiger partial charge on any atom is 0.431 e. The number of aliphatic carboxylic acids is 1. The van der Waals surface area contributed by atoms with Gasteiger partial charge in [0.25, 0.3) is 5.91 Å². The Hall–Kier alpha value is -3.78. The van der Waals surface area contributed by atoms with Crippen LogP contribution in [0, 0.1) is 0 Å². The van der Waals surface area contributed by atoms with Crippen molar-refractivity contribution in [2.24, 2.45) is 5.73 Å². The molecule has 18 nitrogen and oxygen atoms in total. The Balaban J connectivity index is 1.85. The van der Waals surface area contributed by atoms with Crippen molar-refractivity contribution in [3.05, 3.63) is 29.3 Å². The standard InChI is InChI=1S/C26H39N3O15/c1-26(2,3)44-25(37)29-41-11-10-39-9-8-38-7-6-28-21(33)15-12-14(13-40-24(27)36)4-5-16(15)42-23-19(32)17(30)18(31)20(43-23)22(34)35/h4-5,12,17-20,23,30-32H,6-11,13H2,1-3H3,(H2,27,36)(H,28,33)(H,29,37)(H,34,35)/t17-,18-,19+,20-,23+/m0/s1. The molecule has 0 aliphatic carbocycles. The third-order valence-corrected chi connectivity index (χ3v) is 5.51. The number of nitrogens with one attached hydrogen (secondary N) is 2. The fourth-order valence-corrected chi connectivity index (χ4v) is 3.54. The van der Waals surface area contributed by atoms with E-state index in [9.17, 15) is 39.6 Å². The third kappa shape index (κ3) is 12.4. The Labute approximate surface area is 252 Å². The minimum atomic E-state index is -1.93. The van der Waals surface area contributed by atoms with Crippen molar-refractivity contribution < 1.29 is 72.9 Å². The van der Waals surface area contributed by atoms with E-state index in [0.29, 0.717) is 5.56 Å². The summed E-state index contributed by atoms with van der Waals surface area (Å²) >= 11 is 0. The molecule has 0 radical (unpaired) electrons. The van der Waals surface area contributed by atoms with Gasteiger partial charge in [-0.3, -0.25) is 9.63 Å². The molecule has 5 atom stereocenters. The van der Waals surface area contributed by atoms with Crippen LogP contribution in [0.4, 0.5) is 9.59 Å². The molecule has 1 aliphatic heterocycles. The van der Waals surface area contributed by atoms with E-state index >= 15 is 0 Å². The van der Waals surface area contributed by atoms with E-state index in [1.54, 1.807) is 20.8 Å². The molecule has 1 aromatic rings. The molecule has 0 aromatic heterocycles. The number of carbonyl (C=O) groups is 4. The Morgan fingerprint density at radius 1 is 0.955 bits per heavy atom. The van der Waals surface area contributed by atoms with Crippen molar-refractivity contribution in [2.45, 2.75) is 63.7 Å². The highest BCUT2D eigenvalue weighted by molar-refractivity contribution is 5.97. The molecule has 1 fully saturated rings. The molecule has 1 aliphatic rings. The van der Waals surface area contributed by atoms with E-state index in [0.717, 1.165) is 0 Å². The highest BCUT2D eigenvalue weighted by atomic mass is 16.7. The van der Waals surface area contributed by atoms with E-state index in [-0.39, 0.29) is 57.5 Å². The fourth-order valence-electron chi connectivity index (χ4n) is 3.54. The van der Waals surface area contributed by atoms with Gasteiger partial charge in [0.05, 0.1) is 38.6 Å². The number of amides is 3. The first-order valence-corrected chi connectivity index (χ1v) is 13.4. The Morgan fingerprint density at radius 3 is 2.25 bits per heavy atom. The monoisotopic (exact) mass is 633 g/mol. The van der Waals surface area contributed by atoms with Gasteiger partial charge in [-0.15, -0.1) is 0 Å². The van der Waals surface area contributed by atoms with Crippen LogP contribution in [0.1, 0.15) is 36.7 Å². The molecular formula is C26H39N3O15. The van der Waals surface area contributed by atoms with Crippen LogP contribution in [0.5, 0.6) is 5.75 Å². The molecule has 8 N–H and O–H groups in total. The number of primary amides is 1. The van der Waals surface area contributed by atoms with Gasteiger partial charge in [0.15, 0.2) is 6.10 Å². The van der Waals surface area contributed by atoms with Gasteiger partial charge in [-0.05, 0) is 38.5 Å². The lowest BCUT2D eigenvalue weighted by Crippen LogP contribution is -2.61. The molecular weight excluding hydrogens is 594 g/mol. The van der Waals surface area contributed by atoms with Crippen LogP contribution < -0.4 is 21.3 Å². The molecule has 248 valence electrons. The summed E-state index contributed by atoms with van der Waals surface area (Å²) in [5, 5.41) is 42.1. The molecule has 0 saturated carbocycles. The number of carboxylic acid groups (broad SMARTS) is 1. The highest BCUT2D eigenvalue weighted by Gasteiger charge is 2.48. The van der Waals surface area contributed by atoms with Gasteiger partial charge in [-0.2, -0.15) is 5.48 Å². The minimum absolute atomic E-state index is 0.0394. The molecule has 44 heavy (non-hydrogen) atoms. The number of aliphatic hydroxyl groups excluding tert-OH is 3. The van der Waals surface area contributed by atoms with Crippen molar-refractivity contribution in [3.8, 4) is 5.75 Å². The van der Waals surface area contributed by atoms with Gasteiger partial charge in [-0.1, -0.05) is 6.07 Å². The predicted octanol–water partition coefficient (Wildman–Crippen LogP) is -1.23. The summed E-state index contributed by atoms with van der Waals surface area (Å²) in [4.78, 5) is 51.8. The first-order chi connectivity index (χ1) is 20.7. The average molecular weight is 634 g/mol. The largest absolute Gasteiger partial charge is 0.479 e. The van der Waals surface area contributed by atoms with E-state index < -0.39 is 60.4 Å². The number of ether oxygens (including phenoxy) is 6. The van der Waals surface area contributed by atoms with Gasteiger partial charge >= 0.3 is 18.2 Å². The van der Waals surface area contributed by atoms with Crippen molar-refractivity contribution >= 4 is 24.1 Å². The lowest BCUT2D eigenvalue weighted by molar-refractivity contribution is -0.271. The van der Waals surface area contributed by atoms with Gasteiger partial charge in [0.1, 0.15) is 36.3 Å². The molecule has 0 unspecified atom stereocenters. The maximum atomic E-state index is 13.0. The quantitative estimate of drug-likeness (QED) is 0.0830. The Morgan fingerprint density at radius 2 is 1.61 bits per heavy atom. The maximum absolute atomic E-state index is 13.0. The van der Waals surface area contributed by atoms with E-state index in [1.807, 2.05) is 0 Å². The van der Waals surface area contributed by atoms with Crippen LogP contribution >= 0.6 is 0 Å². The summed E-state index contributed by atoms with van der Waals surface area (Å²) in [5.74, 6) is -2.47. The number of benzene rings is 1. The van der Waals surface area contributed by atoms with Crippen LogP contribution in [0.25, 0.3) is 0 Å². The number of hydrogen-bond acceptors (Lipinski definition) is 14. The zero-order valence-corrected chi connectivity index (χ0v) is 24.4. The van der Waals surface area contributed by atoms with Crippen LogP contribution in [-0.4, -0.2) is 120 Å². The van der Waals surface area contributed by atoms with Gasteiger partial charge in [0, 0.05) is 6.54 Å². The summed E-state index contributed by atoms with van der Waals surface area (Å²) < 4.78 is 31.1. The molecule has 1 saturated heterocycles. The molecule has 0 bridgehead atoms. The zero-order chi connectivity index (χ0) is 32.9. The van der Waals surface area contributed by atoms with E-state index in [4.69, 9.17) is 39.0 Å². The number of nitrogens with two attached hydrogens (primary N) is 1. The topological polar surface area (TPSA) is 264 Å². The van der Waals surface area contributed by atoms with Crippen LogP contribution in [-0.2, 0) is 39.9 Å². The number of hydrogen-bond donors (Lipinski definition) is 7. The Kier molecular flexibility index (Phi) is 14.5. The molecule has 1 heterocycles. The number of carboxylic acids is 1. The molecule has 3 amide bonds. The third-order valence-electron chi connectivity index (χ3n) is 5.51. The van der Waals surface area contributed by atoms with E-state index in [2.05, 4.69) is 10.8 Å². The van der Waals surface area contributed by atoms with Crippen LogP contribution in [0.15, 0.2) is 18.2 Å². The first-order valence-electron chi connectivity index (χ1n) is 13.4. The normalized spacial score (nSPS) is 21.6. The predicted molar refractivity (Wildman–Crippen MR) is 145 cm³/mol. The van der Waals surface area contributed by atoms with E-state index in [1.165, 1.54) is 18.2 Å². The number of aliphatic hydroxyl groups is 3. The number of rotatable bonds is 16. The molecule has 2 rings (SSSR count). The molecule has 18 heteroatoms. The van der Waals surface area contributed by atoms with Crippen molar-refractivity contribution in [1.82, 2.24) is 10.8 Å². The fraction of sp³-hybridized carbons (Fsp3) is 0.615. The first kappa shape index (κ1) is 36.4. The second-order valence-corrected chi connectivity index (χ2v) is 10.2. The van der Waals surface area contributed by atoms with Gasteiger partial charge < -0.3 is 59.9 Å². The summed E-state index contributed by atoms with van der Waals surface area (Å²) in [6.45, 7) is 5.60. The smallest absolute Gasteiger partial charge is 0.431 e. The summed E-state index contributed by atoms with van der Waals surface area (Å²) in [7, 11) is 0. The van der Waals surface area contributed by atoms with Crippen molar-refractivity contribution in [2.75, 3.05) is 39.6 Å². The van der Waals surface area contributed by atoms with Crippen LogP contribution in [0.3, 0.4) is 0 Å². The van der Waals surface area contributed by atoms with Crippen molar-refractivity contribution in [3.63, 3.8) is 0 Å². The average Bonchev–Trinajstić information content (AvgIpc) is 2.94. The van der Waals surface area contributed by atoms with Gasteiger partial charge in [0.2, 0.25) is 6.29 Å². The minimum Gasteiger partial charge on any atom is -0.479 e. The second-order valence-electron chi connectivity index (χ2n) is 10.2. The molecule has 1 aromatic carbocycles.